The summed E-state index contributed by atoms with van der Waals surface area (Å²) in [6.45, 7) is -0.0799. The van der Waals surface area contributed by atoms with Gasteiger partial charge >= 0.3 is 0 Å². The molecule has 130 valence electrons. The van der Waals surface area contributed by atoms with Crippen molar-refractivity contribution in [2.75, 3.05) is 6.61 Å². The standard InChI is InChI=1S/C18H13ClN4O3/c19-12-5-3-11(4-6-12)9-21-18(26)16-17(25)14-8-13(2-1-7-24)20-10-15(14)22-23-16/h3-6,8,10,24H,7,9H2,(H,21,26)(H,22,25). The van der Waals surface area contributed by atoms with Crippen LogP contribution in [0.3, 0.4) is 0 Å². The average molecular weight is 369 g/mol. The van der Waals surface area contributed by atoms with Gasteiger partial charge in [0, 0.05) is 11.6 Å². The summed E-state index contributed by atoms with van der Waals surface area (Å²) in [5.41, 5.74) is 0.765. The lowest BCUT2D eigenvalue weighted by Crippen LogP contribution is -2.30. The summed E-state index contributed by atoms with van der Waals surface area (Å²) in [6, 6.07) is 8.43. The number of aromatic amines is 1. The number of hydrogen-bond donors (Lipinski definition) is 3. The molecular formula is C18H13ClN4O3. The van der Waals surface area contributed by atoms with Gasteiger partial charge in [-0.1, -0.05) is 29.7 Å². The Morgan fingerprint density at radius 2 is 2.08 bits per heavy atom. The second-order valence-corrected chi connectivity index (χ2v) is 5.72. The highest BCUT2D eigenvalue weighted by molar-refractivity contribution is 6.30. The topological polar surface area (TPSA) is 108 Å². The fourth-order valence-electron chi connectivity index (χ4n) is 2.25. The highest BCUT2D eigenvalue weighted by Crippen LogP contribution is 2.10. The van der Waals surface area contributed by atoms with Crippen LogP contribution in [0.25, 0.3) is 10.9 Å². The third kappa shape index (κ3) is 3.88. The summed E-state index contributed by atoms with van der Waals surface area (Å²) >= 11 is 5.82. The Kier molecular flexibility index (Phi) is 5.27. The molecule has 3 rings (SSSR count). The van der Waals surface area contributed by atoms with E-state index in [0.29, 0.717) is 16.2 Å². The number of rotatable bonds is 3. The first-order valence-electron chi connectivity index (χ1n) is 7.59. The molecule has 3 N–H and O–H groups in total. The van der Waals surface area contributed by atoms with Crippen molar-refractivity contribution in [2.24, 2.45) is 0 Å². The third-order valence-corrected chi connectivity index (χ3v) is 3.78. The first-order chi connectivity index (χ1) is 12.6. The number of amides is 1. The molecule has 0 aliphatic rings. The van der Waals surface area contributed by atoms with Gasteiger partial charge in [-0.2, -0.15) is 5.10 Å². The number of aliphatic hydroxyl groups is 1. The molecular weight excluding hydrogens is 356 g/mol. The minimum atomic E-state index is -0.595. The van der Waals surface area contributed by atoms with Gasteiger partial charge in [-0.15, -0.1) is 0 Å². The molecule has 1 amide bonds. The number of aromatic nitrogens is 3. The zero-order valence-electron chi connectivity index (χ0n) is 13.4. The van der Waals surface area contributed by atoms with Crippen LogP contribution in [0.2, 0.25) is 5.02 Å². The first kappa shape index (κ1) is 17.6. The Morgan fingerprint density at radius 3 is 2.81 bits per heavy atom. The maximum atomic E-state index is 12.6. The van der Waals surface area contributed by atoms with Gasteiger partial charge < -0.3 is 10.4 Å². The van der Waals surface area contributed by atoms with E-state index >= 15 is 0 Å². The number of hydrogen-bond acceptors (Lipinski definition) is 5. The molecule has 0 fully saturated rings. The molecule has 0 unspecified atom stereocenters. The van der Waals surface area contributed by atoms with Gasteiger partial charge in [0.1, 0.15) is 12.3 Å². The molecule has 2 heterocycles. The summed E-state index contributed by atoms with van der Waals surface area (Å²) in [5, 5.41) is 18.7. The Labute approximate surface area is 153 Å². The number of nitrogens with one attached hydrogen (secondary N) is 2. The van der Waals surface area contributed by atoms with Crippen LogP contribution < -0.4 is 10.7 Å². The lowest BCUT2D eigenvalue weighted by Gasteiger charge is -2.05. The number of carbonyl (C=O) groups is 1. The van der Waals surface area contributed by atoms with Gasteiger partial charge in [0.25, 0.3) is 5.91 Å². The van der Waals surface area contributed by atoms with Crippen LogP contribution in [0.5, 0.6) is 0 Å². The molecule has 0 saturated heterocycles. The average Bonchev–Trinajstić information content (AvgIpc) is 2.66. The van der Waals surface area contributed by atoms with Crippen molar-refractivity contribution < 1.29 is 9.90 Å². The van der Waals surface area contributed by atoms with Gasteiger partial charge in [-0.3, -0.25) is 14.7 Å². The second kappa shape index (κ2) is 7.78. The summed E-state index contributed by atoms with van der Waals surface area (Å²) in [5.74, 6) is 4.48. The van der Waals surface area contributed by atoms with Crippen molar-refractivity contribution >= 4 is 28.4 Å². The summed E-state index contributed by atoms with van der Waals surface area (Å²) < 4.78 is 0. The molecule has 3 aromatic rings. The van der Waals surface area contributed by atoms with E-state index in [9.17, 15) is 9.59 Å². The normalized spacial score (nSPS) is 10.2. The summed E-state index contributed by atoms with van der Waals surface area (Å²) in [4.78, 5) is 28.9. The summed E-state index contributed by atoms with van der Waals surface area (Å²) in [6.07, 6.45) is 1.40. The highest BCUT2D eigenvalue weighted by atomic mass is 35.5. The van der Waals surface area contributed by atoms with Crippen molar-refractivity contribution in [3.63, 3.8) is 0 Å². The van der Waals surface area contributed by atoms with E-state index in [2.05, 4.69) is 32.3 Å². The number of benzene rings is 1. The molecule has 0 atom stereocenters. The largest absolute Gasteiger partial charge is 0.384 e. The smallest absolute Gasteiger partial charge is 0.276 e. The molecule has 0 aliphatic heterocycles. The number of fused-ring (bicyclic) bond motifs is 1. The maximum absolute atomic E-state index is 12.6. The van der Waals surface area contributed by atoms with E-state index in [1.54, 1.807) is 24.3 Å². The van der Waals surface area contributed by atoms with Gasteiger partial charge in [-0.25, -0.2) is 4.98 Å². The van der Waals surface area contributed by atoms with Crippen LogP contribution in [0, 0.1) is 11.8 Å². The number of aliphatic hydroxyl groups excluding tert-OH is 1. The lowest BCUT2D eigenvalue weighted by atomic mass is 10.2. The fourth-order valence-corrected chi connectivity index (χ4v) is 2.37. The fraction of sp³-hybridized carbons (Fsp3) is 0.111. The van der Waals surface area contributed by atoms with Crippen LogP contribution in [-0.4, -0.2) is 32.8 Å². The number of carbonyl (C=O) groups excluding carboxylic acids is 1. The van der Waals surface area contributed by atoms with Crippen molar-refractivity contribution in [1.29, 1.82) is 0 Å². The molecule has 0 saturated carbocycles. The van der Waals surface area contributed by atoms with Crippen molar-refractivity contribution in [2.45, 2.75) is 6.54 Å². The number of pyridine rings is 1. The minimum absolute atomic E-state index is 0.235. The SMILES string of the molecule is O=C(NCc1ccc(Cl)cc1)c1n[nH]c2cnc(C#CCO)cc2c1=O. The van der Waals surface area contributed by atoms with E-state index < -0.39 is 11.3 Å². The van der Waals surface area contributed by atoms with Gasteiger partial charge in [0.05, 0.1) is 17.1 Å². The zero-order chi connectivity index (χ0) is 18.5. The van der Waals surface area contributed by atoms with E-state index in [4.69, 9.17) is 16.7 Å². The van der Waals surface area contributed by atoms with Crippen LogP contribution in [-0.2, 0) is 6.54 Å². The van der Waals surface area contributed by atoms with Crippen LogP contribution >= 0.6 is 11.6 Å². The molecule has 26 heavy (non-hydrogen) atoms. The van der Waals surface area contributed by atoms with E-state index in [0.717, 1.165) is 5.56 Å². The monoisotopic (exact) mass is 368 g/mol. The Balaban J connectivity index is 1.86. The highest BCUT2D eigenvalue weighted by Gasteiger charge is 2.15. The molecule has 0 radical (unpaired) electrons. The zero-order valence-corrected chi connectivity index (χ0v) is 14.2. The minimum Gasteiger partial charge on any atom is -0.384 e. The Morgan fingerprint density at radius 1 is 1.31 bits per heavy atom. The maximum Gasteiger partial charge on any atom is 0.276 e. The molecule has 0 aliphatic carbocycles. The molecule has 2 aromatic heterocycles. The number of H-pyrrole nitrogens is 1. The first-order valence-corrected chi connectivity index (χ1v) is 7.97. The van der Waals surface area contributed by atoms with Gasteiger partial charge in [0.15, 0.2) is 5.69 Å². The molecule has 8 heteroatoms. The molecule has 0 spiro atoms. The predicted octanol–water partition coefficient (Wildman–Crippen LogP) is 1.25. The van der Waals surface area contributed by atoms with Crippen LogP contribution in [0.15, 0.2) is 41.3 Å². The van der Waals surface area contributed by atoms with Crippen molar-refractivity contribution in [3.05, 3.63) is 68.7 Å². The van der Waals surface area contributed by atoms with E-state index in [1.807, 2.05) is 0 Å². The molecule has 0 bridgehead atoms. The number of halogens is 1. The van der Waals surface area contributed by atoms with Crippen molar-refractivity contribution in [3.8, 4) is 11.8 Å². The van der Waals surface area contributed by atoms with E-state index in [1.165, 1.54) is 12.3 Å². The molecule has 1 aromatic carbocycles. The van der Waals surface area contributed by atoms with Gasteiger partial charge in [-0.05, 0) is 29.7 Å². The second-order valence-electron chi connectivity index (χ2n) is 5.29. The number of nitrogens with zero attached hydrogens (tertiary/aromatic N) is 2. The lowest BCUT2D eigenvalue weighted by molar-refractivity contribution is 0.0944. The predicted molar refractivity (Wildman–Crippen MR) is 96.7 cm³/mol. The summed E-state index contributed by atoms with van der Waals surface area (Å²) in [7, 11) is 0. The molecule has 7 nitrogen and oxygen atoms in total. The Bertz CT molecular complexity index is 1080. The van der Waals surface area contributed by atoms with Crippen LogP contribution in [0.1, 0.15) is 21.7 Å². The Hall–Kier alpha value is -3.21. The quantitative estimate of drug-likeness (QED) is 0.603. The van der Waals surface area contributed by atoms with Gasteiger partial charge in [0.2, 0.25) is 5.43 Å². The van der Waals surface area contributed by atoms with E-state index in [-0.39, 0.29) is 24.2 Å². The van der Waals surface area contributed by atoms with Crippen LogP contribution in [0.4, 0.5) is 0 Å². The third-order valence-electron chi connectivity index (χ3n) is 3.53. The van der Waals surface area contributed by atoms with Crippen molar-refractivity contribution in [1.82, 2.24) is 20.5 Å².